The van der Waals surface area contributed by atoms with E-state index in [0.717, 1.165) is 0 Å². The van der Waals surface area contributed by atoms with E-state index in [4.69, 9.17) is 0 Å². The maximum Gasteiger partial charge on any atom is 0.147 e. The van der Waals surface area contributed by atoms with E-state index in [1.165, 1.54) is 6.07 Å². The number of hydrogen-bond acceptors (Lipinski definition) is 2. The maximum absolute atomic E-state index is 13.3. The lowest BCUT2D eigenvalue weighted by atomic mass is 10.1. The van der Waals surface area contributed by atoms with Gasteiger partial charge in [0, 0.05) is 11.0 Å². The van der Waals surface area contributed by atoms with E-state index < -0.39 is 5.60 Å². The van der Waals surface area contributed by atoms with Crippen molar-refractivity contribution in [2.75, 3.05) is 11.9 Å². The molecule has 0 saturated heterocycles. The molecule has 0 fully saturated rings. The number of halogens is 2. The van der Waals surface area contributed by atoms with Crippen LogP contribution in [0.1, 0.15) is 13.8 Å². The molecular weight excluding hydrogens is 249 g/mol. The van der Waals surface area contributed by atoms with Crippen LogP contribution in [-0.2, 0) is 0 Å². The Bertz CT molecular complexity index is 302. The van der Waals surface area contributed by atoms with Gasteiger partial charge in [0.15, 0.2) is 0 Å². The summed E-state index contributed by atoms with van der Waals surface area (Å²) in [5, 5.41) is 12.3. The summed E-state index contributed by atoms with van der Waals surface area (Å²) < 4.78 is 13.9. The van der Waals surface area contributed by atoms with Crippen molar-refractivity contribution in [3.63, 3.8) is 0 Å². The van der Waals surface area contributed by atoms with E-state index in [9.17, 15) is 9.50 Å². The molecule has 0 saturated carbocycles. The second-order valence-electron chi connectivity index (χ2n) is 3.76. The average Bonchev–Trinajstić information content (AvgIpc) is 2.01. The van der Waals surface area contributed by atoms with E-state index in [-0.39, 0.29) is 5.82 Å². The van der Waals surface area contributed by atoms with Crippen molar-refractivity contribution in [1.82, 2.24) is 0 Å². The summed E-state index contributed by atoms with van der Waals surface area (Å²) in [5.74, 6) is -0.330. The fraction of sp³-hybridized carbons (Fsp3) is 0.400. The minimum absolute atomic E-state index is 0.298. The number of anilines is 1. The lowest BCUT2D eigenvalue weighted by Crippen LogP contribution is -2.29. The number of rotatable bonds is 3. The topological polar surface area (TPSA) is 32.3 Å². The van der Waals surface area contributed by atoms with E-state index in [2.05, 4.69) is 21.2 Å². The van der Waals surface area contributed by atoms with Gasteiger partial charge in [0.1, 0.15) is 5.82 Å². The lowest BCUT2D eigenvalue weighted by molar-refractivity contribution is 0.0944. The molecule has 1 aromatic carbocycles. The predicted molar refractivity (Wildman–Crippen MR) is 58.9 cm³/mol. The van der Waals surface area contributed by atoms with Crippen molar-refractivity contribution in [2.45, 2.75) is 19.4 Å². The Kier molecular flexibility index (Phi) is 3.50. The van der Waals surface area contributed by atoms with Crippen LogP contribution in [-0.4, -0.2) is 17.3 Å². The summed E-state index contributed by atoms with van der Waals surface area (Å²) in [5.41, 5.74) is -0.475. The third kappa shape index (κ3) is 3.27. The molecule has 2 nitrogen and oxygen atoms in total. The van der Waals surface area contributed by atoms with Crippen molar-refractivity contribution in [1.29, 1.82) is 0 Å². The third-order valence-corrected chi connectivity index (χ3v) is 2.32. The Morgan fingerprint density at radius 1 is 1.50 bits per heavy atom. The first kappa shape index (κ1) is 11.5. The van der Waals surface area contributed by atoms with Gasteiger partial charge in [-0.15, -0.1) is 0 Å². The Morgan fingerprint density at radius 3 is 2.64 bits per heavy atom. The second kappa shape index (κ2) is 4.28. The first-order valence-corrected chi connectivity index (χ1v) is 5.10. The molecule has 1 aromatic rings. The Balaban J connectivity index is 2.77. The molecular formula is C10H13BrFNO. The third-order valence-electron chi connectivity index (χ3n) is 1.66. The lowest BCUT2D eigenvalue weighted by Gasteiger charge is -2.19. The SMILES string of the molecule is CC(C)(O)CNc1c(F)cccc1Br. The summed E-state index contributed by atoms with van der Waals surface area (Å²) in [4.78, 5) is 0. The number of aliphatic hydroxyl groups is 1. The van der Waals surface area contributed by atoms with E-state index in [1.54, 1.807) is 26.0 Å². The van der Waals surface area contributed by atoms with Crippen LogP contribution in [0.25, 0.3) is 0 Å². The number of benzene rings is 1. The van der Waals surface area contributed by atoms with E-state index in [0.29, 0.717) is 16.7 Å². The van der Waals surface area contributed by atoms with Gasteiger partial charge in [-0.3, -0.25) is 0 Å². The molecule has 0 radical (unpaired) electrons. The molecule has 2 N–H and O–H groups in total. The van der Waals surface area contributed by atoms with Gasteiger partial charge < -0.3 is 10.4 Å². The average molecular weight is 262 g/mol. The number of hydrogen-bond donors (Lipinski definition) is 2. The van der Waals surface area contributed by atoms with Crippen molar-refractivity contribution < 1.29 is 9.50 Å². The molecule has 0 amide bonds. The minimum Gasteiger partial charge on any atom is -0.389 e. The molecule has 78 valence electrons. The summed E-state index contributed by atoms with van der Waals surface area (Å²) >= 11 is 3.23. The highest BCUT2D eigenvalue weighted by atomic mass is 79.9. The highest BCUT2D eigenvalue weighted by Crippen LogP contribution is 2.25. The Hall–Kier alpha value is -0.610. The molecule has 0 aliphatic carbocycles. The highest BCUT2D eigenvalue weighted by Gasteiger charge is 2.14. The number of nitrogens with one attached hydrogen (secondary N) is 1. The first-order valence-electron chi connectivity index (χ1n) is 4.30. The van der Waals surface area contributed by atoms with Gasteiger partial charge in [-0.2, -0.15) is 0 Å². The fourth-order valence-corrected chi connectivity index (χ4v) is 1.45. The molecule has 0 bridgehead atoms. The standard InChI is InChI=1S/C10H13BrFNO/c1-10(2,14)6-13-9-7(11)4-3-5-8(9)12/h3-5,13-14H,6H2,1-2H3. The number of para-hydroxylation sites is 1. The molecule has 4 heteroatoms. The van der Waals surface area contributed by atoms with E-state index in [1.807, 2.05) is 0 Å². The van der Waals surface area contributed by atoms with Crippen molar-refractivity contribution >= 4 is 21.6 Å². The zero-order valence-corrected chi connectivity index (χ0v) is 9.73. The molecule has 14 heavy (non-hydrogen) atoms. The fourth-order valence-electron chi connectivity index (χ4n) is 0.971. The van der Waals surface area contributed by atoms with Crippen LogP contribution in [0.15, 0.2) is 22.7 Å². The maximum atomic E-state index is 13.3. The van der Waals surface area contributed by atoms with Gasteiger partial charge in [0.25, 0.3) is 0 Å². The quantitative estimate of drug-likeness (QED) is 0.877. The van der Waals surface area contributed by atoms with Gasteiger partial charge in [-0.05, 0) is 41.9 Å². The van der Waals surface area contributed by atoms with Gasteiger partial charge >= 0.3 is 0 Å². The van der Waals surface area contributed by atoms with Crippen LogP contribution >= 0.6 is 15.9 Å². The van der Waals surface area contributed by atoms with Crippen molar-refractivity contribution in [2.24, 2.45) is 0 Å². The van der Waals surface area contributed by atoms with Crippen LogP contribution in [0.5, 0.6) is 0 Å². The van der Waals surface area contributed by atoms with E-state index >= 15 is 0 Å². The normalized spacial score (nSPS) is 11.5. The molecule has 0 atom stereocenters. The smallest absolute Gasteiger partial charge is 0.147 e. The molecule has 0 aliphatic heterocycles. The van der Waals surface area contributed by atoms with Gasteiger partial charge in [-0.1, -0.05) is 6.07 Å². The molecule has 0 aromatic heterocycles. The Morgan fingerprint density at radius 2 is 2.14 bits per heavy atom. The summed E-state index contributed by atoms with van der Waals surface area (Å²) in [6, 6.07) is 4.74. The summed E-state index contributed by atoms with van der Waals surface area (Å²) in [6.07, 6.45) is 0. The molecule has 0 aliphatic rings. The predicted octanol–water partition coefficient (Wildman–Crippen LogP) is 2.77. The summed E-state index contributed by atoms with van der Waals surface area (Å²) in [7, 11) is 0. The molecule has 0 spiro atoms. The van der Waals surface area contributed by atoms with Crippen LogP contribution in [0, 0.1) is 5.82 Å². The molecule has 0 heterocycles. The van der Waals surface area contributed by atoms with Crippen LogP contribution < -0.4 is 5.32 Å². The van der Waals surface area contributed by atoms with Gasteiger partial charge in [0.05, 0.1) is 11.3 Å². The monoisotopic (exact) mass is 261 g/mol. The Labute approximate surface area is 91.3 Å². The molecule has 0 unspecified atom stereocenters. The highest BCUT2D eigenvalue weighted by molar-refractivity contribution is 9.10. The minimum atomic E-state index is -0.859. The first-order chi connectivity index (χ1) is 6.40. The van der Waals surface area contributed by atoms with Gasteiger partial charge in [-0.25, -0.2) is 4.39 Å². The largest absolute Gasteiger partial charge is 0.389 e. The zero-order chi connectivity index (χ0) is 10.8. The zero-order valence-electron chi connectivity index (χ0n) is 8.14. The van der Waals surface area contributed by atoms with Crippen LogP contribution in [0.2, 0.25) is 0 Å². The second-order valence-corrected chi connectivity index (χ2v) is 4.62. The summed E-state index contributed by atoms with van der Waals surface area (Å²) in [6.45, 7) is 3.62. The van der Waals surface area contributed by atoms with Crippen molar-refractivity contribution in [3.05, 3.63) is 28.5 Å². The van der Waals surface area contributed by atoms with Crippen LogP contribution in [0.4, 0.5) is 10.1 Å². The van der Waals surface area contributed by atoms with Crippen LogP contribution in [0.3, 0.4) is 0 Å². The molecule has 1 rings (SSSR count). The van der Waals surface area contributed by atoms with Crippen molar-refractivity contribution in [3.8, 4) is 0 Å². The van der Waals surface area contributed by atoms with Gasteiger partial charge in [0.2, 0.25) is 0 Å².